The minimum Gasteiger partial charge on any atom is -0.368 e. The molecule has 0 aromatic carbocycles. The fourth-order valence-corrected chi connectivity index (χ4v) is 0.391. The molecular formula is C5H4N3O. The van der Waals surface area contributed by atoms with Crippen LogP contribution < -0.4 is 5.73 Å². The van der Waals surface area contributed by atoms with E-state index in [1.165, 1.54) is 12.4 Å². The predicted octanol–water partition coefficient (Wildman–Crippen LogP) is -0.483. The van der Waals surface area contributed by atoms with Gasteiger partial charge in [0.2, 0.25) is 12.2 Å². The largest absolute Gasteiger partial charge is 0.368 e. The fraction of sp³-hybridized carbons (Fsp3) is 0. The topological polar surface area (TPSA) is 68.9 Å². The van der Waals surface area contributed by atoms with Gasteiger partial charge >= 0.3 is 0 Å². The van der Waals surface area contributed by atoms with Crippen LogP contribution >= 0.6 is 0 Å². The number of rotatable bonds is 1. The third-order valence-corrected chi connectivity index (χ3v) is 0.790. The summed E-state index contributed by atoms with van der Waals surface area (Å²) in [6, 6.07) is 0. The molecule has 0 aliphatic heterocycles. The van der Waals surface area contributed by atoms with Crippen molar-refractivity contribution in [3.8, 4) is 0 Å². The normalized spacial score (nSPS) is 8.89. The first-order valence-corrected chi connectivity index (χ1v) is 2.28. The summed E-state index contributed by atoms with van der Waals surface area (Å²) in [5.74, 6) is 0.161. The van der Waals surface area contributed by atoms with E-state index in [0.717, 1.165) is 0 Å². The number of hydrogen-bond acceptors (Lipinski definition) is 4. The summed E-state index contributed by atoms with van der Waals surface area (Å²) < 4.78 is 0. The van der Waals surface area contributed by atoms with E-state index in [9.17, 15) is 4.79 Å². The molecule has 0 spiro atoms. The molecule has 0 atom stereocenters. The van der Waals surface area contributed by atoms with Gasteiger partial charge in [0.05, 0.1) is 5.56 Å². The second-order valence-corrected chi connectivity index (χ2v) is 1.43. The average molecular weight is 122 g/mol. The molecule has 1 radical (unpaired) electrons. The molecule has 45 valence electrons. The highest BCUT2D eigenvalue weighted by Crippen LogP contribution is 1.90. The first-order chi connectivity index (χ1) is 4.33. The number of nitrogens with zero attached hydrogens (tertiary/aromatic N) is 2. The molecule has 0 saturated carbocycles. The molecule has 4 heteroatoms. The summed E-state index contributed by atoms with van der Waals surface area (Å²) in [6.07, 6.45) is 4.25. The number of nitrogens with two attached hydrogens (primary N) is 1. The molecule has 0 saturated heterocycles. The van der Waals surface area contributed by atoms with E-state index in [1.807, 2.05) is 0 Å². The van der Waals surface area contributed by atoms with Gasteiger partial charge in [-0.3, -0.25) is 4.79 Å². The Bertz CT molecular complexity index is 206. The van der Waals surface area contributed by atoms with Gasteiger partial charge in [-0.15, -0.1) is 0 Å². The second-order valence-electron chi connectivity index (χ2n) is 1.43. The van der Waals surface area contributed by atoms with Crippen molar-refractivity contribution in [1.29, 1.82) is 0 Å². The standard InChI is InChI=1S/C5H4N3O/c6-5-7-1-4(3-9)2-8-5/h1-2H,(H2,6,7,8). The van der Waals surface area contributed by atoms with Gasteiger partial charge in [-0.25, -0.2) is 9.97 Å². The maximum atomic E-state index is 9.87. The van der Waals surface area contributed by atoms with Crippen LogP contribution in [-0.2, 0) is 4.79 Å². The van der Waals surface area contributed by atoms with Crippen LogP contribution in [0.15, 0.2) is 12.4 Å². The highest BCUT2D eigenvalue weighted by atomic mass is 16.1. The van der Waals surface area contributed by atoms with Crippen molar-refractivity contribution in [3.05, 3.63) is 18.0 Å². The first-order valence-electron chi connectivity index (χ1n) is 2.28. The summed E-state index contributed by atoms with van der Waals surface area (Å²) >= 11 is 0. The van der Waals surface area contributed by atoms with Gasteiger partial charge < -0.3 is 5.73 Å². The monoisotopic (exact) mass is 122 g/mol. The van der Waals surface area contributed by atoms with Crippen LogP contribution in [0.3, 0.4) is 0 Å². The van der Waals surface area contributed by atoms with E-state index in [0.29, 0.717) is 5.56 Å². The molecule has 4 nitrogen and oxygen atoms in total. The van der Waals surface area contributed by atoms with Crippen molar-refractivity contribution in [2.45, 2.75) is 0 Å². The molecule has 1 heterocycles. The molecule has 0 fully saturated rings. The maximum Gasteiger partial charge on any atom is 0.236 e. The van der Waals surface area contributed by atoms with Crippen LogP contribution in [0.1, 0.15) is 5.56 Å². The second kappa shape index (κ2) is 2.21. The van der Waals surface area contributed by atoms with Gasteiger partial charge in [-0.05, 0) is 0 Å². The zero-order valence-corrected chi connectivity index (χ0v) is 4.53. The van der Waals surface area contributed by atoms with Crippen LogP contribution in [-0.4, -0.2) is 16.3 Å². The Labute approximate surface area is 51.7 Å². The average Bonchev–Trinajstić information content (AvgIpc) is 1.90. The Kier molecular flexibility index (Phi) is 1.40. The van der Waals surface area contributed by atoms with Gasteiger partial charge in [0.15, 0.2) is 0 Å². The van der Waals surface area contributed by atoms with Gasteiger partial charge in [0, 0.05) is 12.4 Å². The predicted molar refractivity (Wildman–Crippen MR) is 31.2 cm³/mol. The molecular weight excluding hydrogens is 118 g/mol. The minimum absolute atomic E-state index is 0.161. The molecule has 2 N–H and O–H groups in total. The van der Waals surface area contributed by atoms with Gasteiger partial charge in [-0.2, -0.15) is 0 Å². The van der Waals surface area contributed by atoms with Crippen LogP contribution in [0, 0.1) is 0 Å². The minimum atomic E-state index is 0.161. The molecule has 1 rings (SSSR count). The lowest BCUT2D eigenvalue weighted by atomic mass is 10.4. The van der Waals surface area contributed by atoms with E-state index < -0.39 is 0 Å². The van der Waals surface area contributed by atoms with Crippen LogP contribution in [0.25, 0.3) is 0 Å². The van der Waals surface area contributed by atoms with Crippen molar-refractivity contribution >= 4 is 12.2 Å². The third-order valence-electron chi connectivity index (χ3n) is 0.790. The van der Waals surface area contributed by atoms with E-state index >= 15 is 0 Å². The Balaban J connectivity index is 3.01. The molecule has 1 aromatic heterocycles. The molecule has 0 aliphatic rings. The Hall–Kier alpha value is -1.45. The third kappa shape index (κ3) is 1.22. The number of aromatic nitrogens is 2. The lowest BCUT2D eigenvalue weighted by molar-refractivity contribution is 0.562. The van der Waals surface area contributed by atoms with Crippen molar-refractivity contribution in [2.24, 2.45) is 0 Å². The van der Waals surface area contributed by atoms with Crippen molar-refractivity contribution in [1.82, 2.24) is 9.97 Å². The SMILES string of the molecule is Nc1ncc([C]=O)cn1. The summed E-state index contributed by atoms with van der Waals surface area (Å²) in [5.41, 5.74) is 5.44. The summed E-state index contributed by atoms with van der Waals surface area (Å²) in [6.45, 7) is 0. The maximum absolute atomic E-state index is 9.87. The smallest absolute Gasteiger partial charge is 0.236 e. The molecule has 0 aliphatic carbocycles. The Morgan fingerprint density at radius 1 is 1.44 bits per heavy atom. The van der Waals surface area contributed by atoms with E-state index in [1.54, 1.807) is 6.29 Å². The van der Waals surface area contributed by atoms with Gasteiger partial charge in [0.25, 0.3) is 0 Å². The number of hydrogen-bond donors (Lipinski definition) is 1. The first kappa shape index (κ1) is 5.68. The van der Waals surface area contributed by atoms with Crippen LogP contribution in [0.2, 0.25) is 0 Å². The van der Waals surface area contributed by atoms with Crippen LogP contribution in [0.4, 0.5) is 5.95 Å². The van der Waals surface area contributed by atoms with Crippen molar-refractivity contribution < 1.29 is 4.79 Å². The molecule has 0 amide bonds. The van der Waals surface area contributed by atoms with E-state index in [2.05, 4.69) is 9.97 Å². The summed E-state index contributed by atoms with van der Waals surface area (Å²) in [7, 11) is 0. The number of carbonyl (C=O) groups excluding carboxylic acids is 1. The number of anilines is 1. The molecule has 0 unspecified atom stereocenters. The highest BCUT2D eigenvalue weighted by molar-refractivity contribution is 5.73. The number of nitrogen functional groups attached to an aromatic ring is 1. The van der Waals surface area contributed by atoms with E-state index in [-0.39, 0.29) is 5.95 Å². The lowest BCUT2D eigenvalue weighted by Gasteiger charge is -1.87. The molecule has 9 heavy (non-hydrogen) atoms. The van der Waals surface area contributed by atoms with Crippen molar-refractivity contribution in [3.63, 3.8) is 0 Å². The highest BCUT2D eigenvalue weighted by Gasteiger charge is 1.89. The summed E-state index contributed by atoms with van der Waals surface area (Å²) in [5, 5.41) is 0. The van der Waals surface area contributed by atoms with E-state index in [4.69, 9.17) is 5.73 Å². The van der Waals surface area contributed by atoms with Gasteiger partial charge in [-0.1, -0.05) is 0 Å². The molecule has 1 aromatic rings. The fourth-order valence-electron chi connectivity index (χ4n) is 0.391. The summed E-state index contributed by atoms with van der Waals surface area (Å²) in [4.78, 5) is 17.0. The van der Waals surface area contributed by atoms with Crippen molar-refractivity contribution in [2.75, 3.05) is 5.73 Å². The Morgan fingerprint density at radius 3 is 2.44 bits per heavy atom. The zero-order valence-electron chi connectivity index (χ0n) is 4.53. The zero-order chi connectivity index (χ0) is 6.69. The van der Waals surface area contributed by atoms with Gasteiger partial charge in [0.1, 0.15) is 0 Å². The molecule has 0 bridgehead atoms. The quantitative estimate of drug-likeness (QED) is 0.546. The lowest BCUT2D eigenvalue weighted by Crippen LogP contribution is -1.94. The van der Waals surface area contributed by atoms with Crippen LogP contribution in [0.5, 0.6) is 0 Å². The Morgan fingerprint density at radius 2 is 2.00 bits per heavy atom.